The molecule has 1 aromatic heterocycles. The van der Waals surface area contributed by atoms with Crippen LogP contribution in [0.5, 0.6) is 0 Å². The molecule has 2 atom stereocenters. The average Bonchev–Trinajstić information content (AvgIpc) is 3.31. The molecule has 2 aliphatic heterocycles. The number of aromatic nitrogens is 2. The molecule has 0 unspecified atom stereocenters. The highest BCUT2D eigenvalue weighted by Crippen LogP contribution is 2.24. The number of unbranched alkanes of at least 4 members (excludes halogenated alkanes) is 1. The number of morpholine rings is 1. The molecule has 2 N–H and O–H groups in total. The van der Waals surface area contributed by atoms with Crippen molar-refractivity contribution in [1.29, 1.82) is 0 Å². The first kappa shape index (κ1) is 32.9. The van der Waals surface area contributed by atoms with Crippen molar-refractivity contribution in [1.82, 2.24) is 24.7 Å². The van der Waals surface area contributed by atoms with Gasteiger partial charge in [0, 0.05) is 59.0 Å². The molecular formula is C28H45N5O7S. The van der Waals surface area contributed by atoms with Gasteiger partial charge >= 0.3 is 0 Å². The van der Waals surface area contributed by atoms with Gasteiger partial charge in [-0.05, 0) is 37.3 Å². The number of imidazole rings is 1. The Hall–Kier alpha value is -2.58. The molecule has 12 nitrogen and oxygen atoms in total. The highest BCUT2D eigenvalue weighted by Gasteiger charge is 2.36. The van der Waals surface area contributed by atoms with Crippen LogP contribution in [0.1, 0.15) is 43.7 Å². The Kier molecular flexibility index (Phi) is 12.5. The number of methoxy groups -OCH3 is 1. The molecule has 13 heteroatoms. The standard InChI is InChI=1S/C27H41N5O4.CH4O3S/c1-20(2)19-32(22-16-21(17-28-18-22)26(33)30-11-14-36-15-12-30)27(34)25-29-23-8-4-5-9-24(23)31(25)10-6-7-13-35-3;1-5(2,3)4/h4-5,8-9,20-22,28H,6-7,10-19H2,1-3H3;1H3,(H,2,3,4)/t21-,22+;/m1./s1. The third-order valence-corrected chi connectivity index (χ3v) is 7.09. The lowest BCUT2D eigenvalue weighted by Gasteiger charge is -2.40. The highest BCUT2D eigenvalue weighted by atomic mass is 32.2. The summed E-state index contributed by atoms with van der Waals surface area (Å²) in [6, 6.07) is 7.87. The summed E-state index contributed by atoms with van der Waals surface area (Å²) in [6.45, 7) is 10.1. The van der Waals surface area contributed by atoms with Crippen LogP contribution in [-0.2, 0) is 30.9 Å². The monoisotopic (exact) mass is 595 g/mol. The number of ether oxygens (including phenoxy) is 2. The summed E-state index contributed by atoms with van der Waals surface area (Å²) in [4.78, 5) is 36.0. The van der Waals surface area contributed by atoms with Crippen LogP contribution in [0.3, 0.4) is 0 Å². The number of piperidine rings is 1. The van der Waals surface area contributed by atoms with Gasteiger partial charge < -0.3 is 29.2 Å². The second-order valence-electron chi connectivity index (χ2n) is 11.0. The van der Waals surface area contributed by atoms with Crippen LogP contribution in [0.4, 0.5) is 0 Å². The Labute approximate surface area is 243 Å². The number of nitrogens with one attached hydrogen (secondary N) is 1. The summed E-state index contributed by atoms with van der Waals surface area (Å²) in [6.07, 6.45) is 3.20. The molecule has 2 amide bonds. The van der Waals surface area contributed by atoms with Gasteiger partial charge in [0.05, 0.1) is 36.4 Å². The summed E-state index contributed by atoms with van der Waals surface area (Å²) in [7, 11) is -1.96. The first-order valence-electron chi connectivity index (χ1n) is 14.2. The van der Waals surface area contributed by atoms with E-state index in [2.05, 4.69) is 23.7 Å². The number of amides is 2. The number of nitrogens with zero attached hydrogens (tertiary/aromatic N) is 4. The lowest BCUT2D eigenvalue weighted by molar-refractivity contribution is -0.140. The molecule has 230 valence electrons. The van der Waals surface area contributed by atoms with Gasteiger partial charge in [-0.3, -0.25) is 14.1 Å². The Bertz CT molecular complexity index is 1240. The number of carbonyl (C=O) groups excluding carboxylic acids is 2. The summed E-state index contributed by atoms with van der Waals surface area (Å²) in [5, 5.41) is 3.44. The fraction of sp³-hybridized carbons (Fsp3) is 0.679. The van der Waals surface area contributed by atoms with Crippen molar-refractivity contribution in [2.75, 3.05) is 65.9 Å². The van der Waals surface area contributed by atoms with E-state index >= 15 is 0 Å². The van der Waals surface area contributed by atoms with Gasteiger partial charge in [-0.1, -0.05) is 26.0 Å². The molecule has 0 spiro atoms. The van der Waals surface area contributed by atoms with E-state index in [4.69, 9.17) is 19.0 Å². The largest absolute Gasteiger partial charge is 0.385 e. The van der Waals surface area contributed by atoms with Crippen molar-refractivity contribution in [2.45, 2.75) is 45.7 Å². The zero-order valence-corrected chi connectivity index (χ0v) is 25.4. The fourth-order valence-electron chi connectivity index (χ4n) is 5.29. The third-order valence-electron chi connectivity index (χ3n) is 7.09. The van der Waals surface area contributed by atoms with Crippen LogP contribution in [0, 0.1) is 11.8 Å². The summed E-state index contributed by atoms with van der Waals surface area (Å²) in [5.41, 5.74) is 1.81. The van der Waals surface area contributed by atoms with Crippen molar-refractivity contribution >= 4 is 33.0 Å². The Morgan fingerprint density at radius 2 is 1.88 bits per heavy atom. The first-order valence-corrected chi connectivity index (χ1v) is 16.1. The normalized spacial score (nSPS) is 19.6. The van der Waals surface area contributed by atoms with E-state index in [9.17, 15) is 18.0 Å². The molecule has 2 fully saturated rings. The summed E-state index contributed by atoms with van der Waals surface area (Å²) < 4.78 is 38.6. The third kappa shape index (κ3) is 10.0. The Balaban J connectivity index is 0.000000850. The van der Waals surface area contributed by atoms with Crippen molar-refractivity contribution in [3.63, 3.8) is 0 Å². The zero-order valence-electron chi connectivity index (χ0n) is 24.6. The highest BCUT2D eigenvalue weighted by molar-refractivity contribution is 7.85. The molecule has 0 saturated carbocycles. The maximum Gasteiger partial charge on any atom is 0.290 e. The number of carbonyl (C=O) groups is 2. The maximum atomic E-state index is 14.1. The van der Waals surface area contributed by atoms with Crippen LogP contribution >= 0.6 is 0 Å². The summed E-state index contributed by atoms with van der Waals surface area (Å²) >= 11 is 0. The van der Waals surface area contributed by atoms with Gasteiger partial charge in [0.2, 0.25) is 5.91 Å². The number of fused-ring (bicyclic) bond motifs is 1. The molecule has 0 aliphatic carbocycles. The Morgan fingerprint density at radius 3 is 2.54 bits per heavy atom. The lowest BCUT2D eigenvalue weighted by atomic mass is 9.92. The number of benzene rings is 1. The van der Waals surface area contributed by atoms with Gasteiger partial charge in [-0.25, -0.2) is 4.98 Å². The molecule has 4 rings (SSSR count). The van der Waals surface area contributed by atoms with Crippen LogP contribution < -0.4 is 5.32 Å². The van der Waals surface area contributed by atoms with Gasteiger partial charge in [0.15, 0.2) is 5.82 Å². The van der Waals surface area contributed by atoms with E-state index in [0.717, 1.165) is 23.9 Å². The average molecular weight is 596 g/mol. The molecule has 2 aliphatic rings. The van der Waals surface area contributed by atoms with Crippen LogP contribution in [0.2, 0.25) is 0 Å². The molecule has 1 aromatic carbocycles. The SMILES string of the molecule is COCCCCn1c(C(=O)N(CC(C)C)[C@@H]2CNC[C@H](C(=O)N3CCOCC3)C2)nc2ccccc21.CS(=O)(=O)O. The predicted octanol–water partition coefficient (Wildman–Crippen LogP) is 1.90. The molecule has 3 heterocycles. The number of hydrogen-bond donors (Lipinski definition) is 2. The van der Waals surface area contributed by atoms with E-state index in [1.165, 1.54) is 0 Å². The fourth-order valence-corrected chi connectivity index (χ4v) is 5.29. The molecule has 2 aromatic rings. The number of hydrogen-bond acceptors (Lipinski definition) is 8. The van der Waals surface area contributed by atoms with Crippen LogP contribution in [0.25, 0.3) is 11.0 Å². The first-order chi connectivity index (χ1) is 19.5. The number of aryl methyl sites for hydroxylation is 1. The van der Waals surface area contributed by atoms with E-state index in [1.54, 1.807) is 7.11 Å². The Morgan fingerprint density at radius 1 is 1.20 bits per heavy atom. The molecule has 0 radical (unpaired) electrons. The van der Waals surface area contributed by atoms with Gasteiger partial charge in [-0.2, -0.15) is 8.42 Å². The van der Waals surface area contributed by atoms with Crippen molar-refractivity contribution in [2.24, 2.45) is 11.8 Å². The van der Waals surface area contributed by atoms with Crippen molar-refractivity contribution < 1.29 is 32.0 Å². The lowest BCUT2D eigenvalue weighted by Crippen LogP contribution is -2.56. The van der Waals surface area contributed by atoms with Gasteiger partial charge in [0.25, 0.3) is 16.0 Å². The quantitative estimate of drug-likeness (QED) is 0.311. The van der Waals surface area contributed by atoms with Crippen LogP contribution in [-0.4, -0.2) is 116 Å². The molecule has 0 bridgehead atoms. The van der Waals surface area contributed by atoms with Crippen LogP contribution in [0.15, 0.2) is 24.3 Å². The van der Waals surface area contributed by atoms with E-state index in [1.807, 2.05) is 34.1 Å². The predicted molar refractivity (Wildman–Crippen MR) is 156 cm³/mol. The number of rotatable bonds is 10. The minimum atomic E-state index is -3.67. The topological polar surface area (TPSA) is 143 Å². The second kappa shape index (κ2) is 15.6. The van der Waals surface area contributed by atoms with E-state index < -0.39 is 10.1 Å². The zero-order chi connectivity index (χ0) is 30.0. The van der Waals surface area contributed by atoms with Gasteiger partial charge in [-0.15, -0.1) is 0 Å². The minimum Gasteiger partial charge on any atom is -0.385 e. The van der Waals surface area contributed by atoms with Crippen molar-refractivity contribution in [3.05, 3.63) is 30.1 Å². The number of para-hydroxylation sites is 2. The van der Waals surface area contributed by atoms with E-state index in [-0.39, 0.29) is 23.8 Å². The smallest absolute Gasteiger partial charge is 0.290 e. The molecule has 2 saturated heterocycles. The molecule has 41 heavy (non-hydrogen) atoms. The van der Waals surface area contributed by atoms with Gasteiger partial charge in [0.1, 0.15) is 0 Å². The maximum absolute atomic E-state index is 14.1. The van der Waals surface area contributed by atoms with Crippen molar-refractivity contribution in [3.8, 4) is 0 Å². The summed E-state index contributed by atoms with van der Waals surface area (Å²) in [5.74, 6) is 0.743. The molecular weight excluding hydrogens is 550 g/mol. The minimum absolute atomic E-state index is 0.0575. The second-order valence-corrected chi connectivity index (χ2v) is 12.5. The van der Waals surface area contributed by atoms with E-state index in [0.29, 0.717) is 83.5 Å².